The van der Waals surface area contributed by atoms with E-state index in [1.165, 1.54) is 0 Å². The standard InChI is InChI=1S/C18H15BrClN5O/c1-24-10-12(8-21-24)16-17-15(7-14(20)18(19)22-17)25(23-16)9-11-3-5-13(26-2)6-4-11/h3-8,10H,9H2,1-2H3. The molecule has 132 valence electrons. The lowest BCUT2D eigenvalue weighted by atomic mass is 10.2. The van der Waals surface area contributed by atoms with E-state index in [0.29, 0.717) is 16.2 Å². The lowest BCUT2D eigenvalue weighted by molar-refractivity contribution is 0.414. The summed E-state index contributed by atoms with van der Waals surface area (Å²) in [5.74, 6) is 0.823. The summed E-state index contributed by atoms with van der Waals surface area (Å²) in [5.41, 5.74) is 4.44. The Morgan fingerprint density at radius 1 is 1.23 bits per heavy atom. The van der Waals surface area contributed by atoms with Crippen LogP contribution in [0.2, 0.25) is 5.02 Å². The number of pyridine rings is 1. The van der Waals surface area contributed by atoms with Crippen LogP contribution in [0.3, 0.4) is 0 Å². The predicted octanol–water partition coefficient (Wildman–Crippen LogP) is 4.30. The second-order valence-corrected chi connectivity index (χ2v) is 7.04. The van der Waals surface area contributed by atoms with Crippen molar-refractivity contribution in [2.24, 2.45) is 7.05 Å². The first-order valence-electron chi connectivity index (χ1n) is 7.89. The smallest absolute Gasteiger partial charge is 0.125 e. The summed E-state index contributed by atoms with van der Waals surface area (Å²) in [6.07, 6.45) is 3.70. The monoisotopic (exact) mass is 431 g/mol. The largest absolute Gasteiger partial charge is 0.497 e. The van der Waals surface area contributed by atoms with Gasteiger partial charge >= 0.3 is 0 Å². The molecule has 0 unspecified atom stereocenters. The summed E-state index contributed by atoms with van der Waals surface area (Å²) in [7, 11) is 3.53. The average Bonchev–Trinajstić information content (AvgIpc) is 3.20. The van der Waals surface area contributed by atoms with Gasteiger partial charge in [0.25, 0.3) is 0 Å². The maximum atomic E-state index is 6.28. The minimum absolute atomic E-state index is 0.547. The Kier molecular flexibility index (Phi) is 4.42. The molecule has 0 aliphatic carbocycles. The zero-order valence-corrected chi connectivity index (χ0v) is 16.5. The van der Waals surface area contributed by atoms with Crippen LogP contribution in [-0.4, -0.2) is 31.7 Å². The molecule has 3 aromatic heterocycles. The van der Waals surface area contributed by atoms with E-state index in [2.05, 4.69) is 26.0 Å². The molecule has 8 heteroatoms. The molecule has 0 aliphatic rings. The number of aryl methyl sites for hydroxylation is 1. The Morgan fingerprint density at radius 2 is 2.00 bits per heavy atom. The van der Waals surface area contributed by atoms with Crippen LogP contribution in [-0.2, 0) is 13.6 Å². The first-order valence-corrected chi connectivity index (χ1v) is 9.07. The molecule has 0 atom stereocenters. The highest BCUT2D eigenvalue weighted by atomic mass is 79.9. The van der Waals surface area contributed by atoms with E-state index >= 15 is 0 Å². The topological polar surface area (TPSA) is 57.8 Å². The number of nitrogens with zero attached hydrogens (tertiary/aromatic N) is 5. The van der Waals surface area contributed by atoms with Crippen LogP contribution in [0.1, 0.15) is 5.56 Å². The van der Waals surface area contributed by atoms with Crippen LogP contribution < -0.4 is 4.74 Å². The maximum absolute atomic E-state index is 6.28. The molecule has 0 N–H and O–H groups in total. The van der Waals surface area contributed by atoms with E-state index in [1.54, 1.807) is 18.0 Å². The minimum atomic E-state index is 0.547. The van der Waals surface area contributed by atoms with E-state index < -0.39 is 0 Å². The fraction of sp³-hybridized carbons (Fsp3) is 0.167. The molecule has 0 amide bonds. The Bertz CT molecular complexity index is 1090. The summed E-state index contributed by atoms with van der Waals surface area (Å²) in [4.78, 5) is 4.59. The van der Waals surface area contributed by atoms with Gasteiger partial charge in [-0.2, -0.15) is 10.2 Å². The second kappa shape index (κ2) is 6.74. The molecule has 0 aliphatic heterocycles. The van der Waals surface area contributed by atoms with Crippen molar-refractivity contribution in [3.05, 3.63) is 57.9 Å². The second-order valence-electron chi connectivity index (χ2n) is 5.89. The van der Waals surface area contributed by atoms with Crippen molar-refractivity contribution >= 4 is 38.6 Å². The number of rotatable bonds is 4. The molecular formula is C18H15BrClN5O. The quantitative estimate of drug-likeness (QED) is 0.451. The Labute approximate surface area is 163 Å². The predicted molar refractivity (Wildman–Crippen MR) is 105 cm³/mol. The highest BCUT2D eigenvalue weighted by molar-refractivity contribution is 9.10. The molecule has 1 aromatic carbocycles. The zero-order valence-electron chi connectivity index (χ0n) is 14.1. The lowest BCUT2D eigenvalue weighted by Gasteiger charge is -2.05. The van der Waals surface area contributed by atoms with E-state index in [0.717, 1.165) is 33.6 Å². The summed E-state index contributed by atoms with van der Waals surface area (Å²) >= 11 is 9.68. The van der Waals surface area contributed by atoms with Gasteiger partial charge in [-0.1, -0.05) is 23.7 Å². The number of fused-ring (bicyclic) bond motifs is 1. The van der Waals surface area contributed by atoms with Crippen LogP contribution in [0.25, 0.3) is 22.3 Å². The molecule has 0 spiro atoms. The van der Waals surface area contributed by atoms with Gasteiger partial charge in [0.05, 0.1) is 30.4 Å². The Morgan fingerprint density at radius 3 is 2.65 bits per heavy atom. The van der Waals surface area contributed by atoms with Crippen LogP contribution in [0.4, 0.5) is 0 Å². The van der Waals surface area contributed by atoms with Gasteiger partial charge in [0.1, 0.15) is 21.6 Å². The highest BCUT2D eigenvalue weighted by Crippen LogP contribution is 2.32. The van der Waals surface area contributed by atoms with Crippen molar-refractivity contribution in [2.45, 2.75) is 6.54 Å². The first kappa shape index (κ1) is 17.1. The molecule has 0 saturated carbocycles. The highest BCUT2D eigenvalue weighted by Gasteiger charge is 2.17. The van der Waals surface area contributed by atoms with Gasteiger partial charge in [-0.05, 0) is 39.7 Å². The first-order chi connectivity index (χ1) is 12.5. The lowest BCUT2D eigenvalue weighted by Crippen LogP contribution is -2.02. The van der Waals surface area contributed by atoms with Crippen molar-refractivity contribution in [3.8, 4) is 17.0 Å². The van der Waals surface area contributed by atoms with Crippen molar-refractivity contribution in [2.75, 3.05) is 7.11 Å². The minimum Gasteiger partial charge on any atom is -0.497 e. The molecule has 26 heavy (non-hydrogen) atoms. The van der Waals surface area contributed by atoms with Crippen LogP contribution >= 0.6 is 27.5 Å². The van der Waals surface area contributed by atoms with Gasteiger partial charge < -0.3 is 4.74 Å². The fourth-order valence-corrected chi connectivity index (χ4v) is 3.25. The number of halogens is 2. The molecule has 0 bridgehead atoms. The number of hydrogen-bond donors (Lipinski definition) is 0. The number of hydrogen-bond acceptors (Lipinski definition) is 4. The third kappa shape index (κ3) is 3.08. The SMILES string of the molecule is COc1ccc(Cn2nc(-c3cnn(C)c3)c3nc(Br)c(Cl)cc32)cc1. The van der Waals surface area contributed by atoms with E-state index in [-0.39, 0.29) is 0 Å². The number of methoxy groups -OCH3 is 1. The molecule has 4 aromatic rings. The molecule has 0 saturated heterocycles. The third-order valence-corrected chi connectivity index (χ3v) is 5.23. The zero-order chi connectivity index (χ0) is 18.3. The molecule has 0 radical (unpaired) electrons. The Hall–Kier alpha value is -2.38. The third-order valence-electron chi connectivity index (χ3n) is 4.11. The van der Waals surface area contributed by atoms with Gasteiger partial charge in [0, 0.05) is 18.8 Å². The molecule has 0 fully saturated rings. The van der Waals surface area contributed by atoms with Gasteiger partial charge in [-0.25, -0.2) is 4.98 Å². The van der Waals surface area contributed by atoms with Crippen molar-refractivity contribution in [1.29, 1.82) is 0 Å². The average molecular weight is 433 g/mol. The maximum Gasteiger partial charge on any atom is 0.125 e. The Balaban J connectivity index is 1.84. The fourth-order valence-electron chi connectivity index (χ4n) is 2.81. The van der Waals surface area contributed by atoms with E-state index in [9.17, 15) is 0 Å². The summed E-state index contributed by atoms with van der Waals surface area (Å²) < 4.78 is 9.47. The van der Waals surface area contributed by atoms with Crippen molar-refractivity contribution in [1.82, 2.24) is 24.5 Å². The van der Waals surface area contributed by atoms with Crippen LogP contribution in [0.5, 0.6) is 5.75 Å². The van der Waals surface area contributed by atoms with E-state index in [1.807, 2.05) is 48.3 Å². The van der Waals surface area contributed by atoms with Gasteiger partial charge in [0.2, 0.25) is 0 Å². The normalized spacial score (nSPS) is 11.2. The molecule has 4 rings (SSSR count). The molecule has 3 heterocycles. The summed E-state index contributed by atoms with van der Waals surface area (Å²) in [6, 6.07) is 9.79. The number of aromatic nitrogens is 5. The van der Waals surface area contributed by atoms with E-state index in [4.69, 9.17) is 21.4 Å². The van der Waals surface area contributed by atoms with Crippen molar-refractivity contribution in [3.63, 3.8) is 0 Å². The number of ether oxygens (including phenoxy) is 1. The van der Waals surface area contributed by atoms with Crippen LogP contribution in [0.15, 0.2) is 47.3 Å². The summed E-state index contributed by atoms with van der Waals surface area (Å²) in [5, 5.41) is 9.57. The van der Waals surface area contributed by atoms with Gasteiger partial charge in [-0.3, -0.25) is 9.36 Å². The van der Waals surface area contributed by atoms with Crippen LogP contribution in [0, 0.1) is 0 Å². The van der Waals surface area contributed by atoms with Gasteiger partial charge in [-0.15, -0.1) is 0 Å². The number of benzene rings is 1. The van der Waals surface area contributed by atoms with Gasteiger partial charge in [0.15, 0.2) is 0 Å². The molecular weight excluding hydrogens is 418 g/mol. The molecule has 6 nitrogen and oxygen atoms in total. The summed E-state index contributed by atoms with van der Waals surface area (Å²) in [6.45, 7) is 0.598. The van der Waals surface area contributed by atoms with Crippen molar-refractivity contribution < 1.29 is 4.74 Å².